The quantitative estimate of drug-likeness (QED) is 0.754. The number of benzene rings is 1. The van der Waals surface area contributed by atoms with E-state index in [4.69, 9.17) is 0 Å². The predicted molar refractivity (Wildman–Crippen MR) is 92.0 cm³/mol. The molecule has 3 rings (SSSR count). The first kappa shape index (κ1) is 15.0. The minimum Gasteiger partial charge on any atom is -0.295 e. The van der Waals surface area contributed by atoms with E-state index < -0.39 is 0 Å². The molecular weight excluding hydrogens is 288 g/mol. The number of para-hydroxylation sites is 1. The van der Waals surface area contributed by atoms with Gasteiger partial charge < -0.3 is 0 Å². The molecule has 0 spiro atoms. The minimum atomic E-state index is -0.108. The largest absolute Gasteiger partial charge is 0.295 e. The van der Waals surface area contributed by atoms with Gasteiger partial charge in [0.15, 0.2) is 5.82 Å². The number of pyridine rings is 1. The van der Waals surface area contributed by atoms with Gasteiger partial charge in [0.25, 0.3) is 5.56 Å². The lowest BCUT2D eigenvalue weighted by atomic mass is 10.1. The van der Waals surface area contributed by atoms with Crippen LogP contribution in [0.5, 0.6) is 0 Å². The number of rotatable bonds is 3. The Bertz CT molecular complexity index is 920. The molecule has 0 aliphatic heterocycles. The molecule has 2 heterocycles. The smallest absolute Gasteiger partial charge is 0.280 e. The summed E-state index contributed by atoms with van der Waals surface area (Å²) in [5.74, 6) is 0.635. The lowest BCUT2D eigenvalue weighted by Gasteiger charge is -2.01. The summed E-state index contributed by atoms with van der Waals surface area (Å²) in [5.41, 5.74) is 3.69. The van der Waals surface area contributed by atoms with Gasteiger partial charge in [0.05, 0.1) is 17.0 Å². The van der Waals surface area contributed by atoms with Gasteiger partial charge in [0.2, 0.25) is 0 Å². The highest BCUT2D eigenvalue weighted by Gasteiger charge is 2.15. The normalized spacial score (nSPS) is 11.7. The number of hydrogen-bond donors (Lipinski definition) is 1. The standard InChI is InChI=1S/C18H18N4O/c1-12-8-7-11-19-17(12)20-13(2)16-14(3)21-22(18(16)23)15-9-5-4-6-10-15/h4-11,21H,1-3H3/b20-13+. The van der Waals surface area contributed by atoms with Crippen molar-refractivity contribution in [2.75, 3.05) is 0 Å². The molecular formula is C18H18N4O. The molecule has 0 aliphatic rings. The van der Waals surface area contributed by atoms with Crippen LogP contribution in [0.4, 0.5) is 5.82 Å². The second kappa shape index (κ2) is 6.04. The van der Waals surface area contributed by atoms with E-state index in [1.54, 1.807) is 6.20 Å². The van der Waals surface area contributed by atoms with Crippen LogP contribution in [0.1, 0.15) is 23.7 Å². The monoisotopic (exact) mass is 306 g/mol. The van der Waals surface area contributed by atoms with E-state index in [1.807, 2.05) is 63.2 Å². The van der Waals surface area contributed by atoms with Crippen molar-refractivity contribution in [3.05, 3.63) is 75.8 Å². The SMILES string of the molecule is C/C(=N\c1ncccc1C)c1c(C)[nH]n(-c2ccccc2)c1=O. The highest BCUT2D eigenvalue weighted by Crippen LogP contribution is 2.16. The average molecular weight is 306 g/mol. The highest BCUT2D eigenvalue weighted by atomic mass is 16.1. The van der Waals surface area contributed by atoms with Gasteiger partial charge in [-0.05, 0) is 44.5 Å². The van der Waals surface area contributed by atoms with Gasteiger partial charge >= 0.3 is 0 Å². The Morgan fingerprint density at radius 3 is 2.57 bits per heavy atom. The van der Waals surface area contributed by atoms with Crippen molar-refractivity contribution in [1.29, 1.82) is 0 Å². The van der Waals surface area contributed by atoms with E-state index in [-0.39, 0.29) is 5.56 Å². The first-order valence-electron chi connectivity index (χ1n) is 7.42. The number of aromatic amines is 1. The molecule has 23 heavy (non-hydrogen) atoms. The molecule has 1 N–H and O–H groups in total. The molecule has 0 unspecified atom stereocenters. The summed E-state index contributed by atoms with van der Waals surface area (Å²) in [4.78, 5) is 21.5. The Morgan fingerprint density at radius 2 is 1.87 bits per heavy atom. The molecule has 5 nitrogen and oxygen atoms in total. The van der Waals surface area contributed by atoms with Gasteiger partial charge in [0, 0.05) is 11.9 Å². The van der Waals surface area contributed by atoms with Gasteiger partial charge in [-0.15, -0.1) is 0 Å². The summed E-state index contributed by atoms with van der Waals surface area (Å²) in [5, 5.41) is 3.11. The fourth-order valence-electron chi connectivity index (χ4n) is 2.54. The Morgan fingerprint density at radius 1 is 1.13 bits per heavy atom. The van der Waals surface area contributed by atoms with Crippen LogP contribution in [0.3, 0.4) is 0 Å². The van der Waals surface area contributed by atoms with Crippen molar-refractivity contribution in [3.63, 3.8) is 0 Å². The topological polar surface area (TPSA) is 63.0 Å². The van der Waals surface area contributed by atoms with Crippen LogP contribution in [-0.2, 0) is 0 Å². The zero-order valence-corrected chi connectivity index (χ0v) is 13.4. The second-order valence-corrected chi connectivity index (χ2v) is 5.43. The molecule has 0 aliphatic carbocycles. The van der Waals surface area contributed by atoms with Crippen molar-refractivity contribution in [2.45, 2.75) is 20.8 Å². The van der Waals surface area contributed by atoms with Crippen LogP contribution in [0.15, 0.2) is 58.4 Å². The van der Waals surface area contributed by atoms with E-state index in [9.17, 15) is 4.79 Å². The Labute approximate surface area is 134 Å². The van der Waals surface area contributed by atoms with E-state index in [0.717, 1.165) is 16.9 Å². The number of nitrogens with one attached hydrogen (secondary N) is 1. The summed E-state index contributed by atoms with van der Waals surface area (Å²) >= 11 is 0. The minimum absolute atomic E-state index is 0.108. The molecule has 0 saturated heterocycles. The van der Waals surface area contributed by atoms with Crippen LogP contribution in [-0.4, -0.2) is 20.5 Å². The zero-order chi connectivity index (χ0) is 16.4. The van der Waals surface area contributed by atoms with E-state index in [1.165, 1.54) is 4.68 Å². The van der Waals surface area contributed by atoms with Crippen molar-refractivity contribution >= 4 is 11.5 Å². The number of hydrogen-bond acceptors (Lipinski definition) is 3. The Balaban J connectivity index is 2.09. The average Bonchev–Trinajstić information content (AvgIpc) is 2.85. The molecule has 0 amide bonds. The van der Waals surface area contributed by atoms with Crippen molar-refractivity contribution in [3.8, 4) is 5.69 Å². The molecule has 0 fully saturated rings. The molecule has 5 heteroatoms. The van der Waals surface area contributed by atoms with Crippen molar-refractivity contribution in [2.24, 2.45) is 4.99 Å². The molecule has 116 valence electrons. The molecule has 0 atom stereocenters. The fourth-order valence-corrected chi connectivity index (χ4v) is 2.54. The van der Waals surface area contributed by atoms with E-state index in [2.05, 4.69) is 15.1 Å². The summed E-state index contributed by atoms with van der Waals surface area (Å²) in [6, 6.07) is 13.3. The predicted octanol–water partition coefficient (Wildman–Crippen LogP) is 3.32. The maximum absolute atomic E-state index is 12.7. The summed E-state index contributed by atoms with van der Waals surface area (Å²) < 4.78 is 1.54. The maximum Gasteiger partial charge on any atom is 0.280 e. The zero-order valence-electron chi connectivity index (χ0n) is 13.4. The lowest BCUT2D eigenvalue weighted by Crippen LogP contribution is -2.19. The number of aryl methyl sites for hydroxylation is 2. The summed E-state index contributed by atoms with van der Waals surface area (Å²) in [6.45, 7) is 5.66. The van der Waals surface area contributed by atoms with Crippen LogP contribution < -0.4 is 5.56 Å². The number of H-pyrrole nitrogens is 1. The van der Waals surface area contributed by atoms with Gasteiger partial charge in [-0.25, -0.2) is 14.7 Å². The highest BCUT2D eigenvalue weighted by molar-refractivity contribution is 6.00. The molecule has 0 bridgehead atoms. The van der Waals surface area contributed by atoms with Crippen molar-refractivity contribution < 1.29 is 0 Å². The van der Waals surface area contributed by atoms with E-state index >= 15 is 0 Å². The third-order valence-corrected chi connectivity index (χ3v) is 3.70. The summed E-state index contributed by atoms with van der Waals surface area (Å²) in [7, 11) is 0. The Hall–Kier alpha value is -2.95. The van der Waals surface area contributed by atoms with Crippen molar-refractivity contribution in [1.82, 2.24) is 14.8 Å². The molecule has 2 aromatic heterocycles. The number of nitrogens with zero attached hydrogens (tertiary/aromatic N) is 3. The van der Waals surface area contributed by atoms with Gasteiger partial charge in [-0.3, -0.25) is 9.89 Å². The number of aliphatic imine (C=N–C) groups is 1. The van der Waals surface area contributed by atoms with Gasteiger partial charge in [-0.1, -0.05) is 24.3 Å². The van der Waals surface area contributed by atoms with Crippen LogP contribution in [0, 0.1) is 13.8 Å². The first-order chi connectivity index (χ1) is 11.1. The number of aromatic nitrogens is 3. The Kier molecular flexibility index (Phi) is 3.93. The van der Waals surface area contributed by atoms with Crippen LogP contribution in [0.25, 0.3) is 5.69 Å². The van der Waals surface area contributed by atoms with Gasteiger partial charge in [-0.2, -0.15) is 0 Å². The third-order valence-electron chi connectivity index (χ3n) is 3.70. The van der Waals surface area contributed by atoms with Gasteiger partial charge in [0.1, 0.15) is 0 Å². The fraction of sp³-hybridized carbons (Fsp3) is 0.167. The van der Waals surface area contributed by atoms with Crippen LogP contribution >= 0.6 is 0 Å². The molecule has 3 aromatic rings. The third kappa shape index (κ3) is 2.85. The molecule has 1 aromatic carbocycles. The lowest BCUT2D eigenvalue weighted by molar-refractivity contribution is 0.835. The van der Waals surface area contributed by atoms with E-state index in [0.29, 0.717) is 17.1 Å². The first-order valence-corrected chi connectivity index (χ1v) is 7.42. The second-order valence-electron chi connectivity index (χ2n) is 5.43. The maximum atomic E-state index is 12.7. The van der Waals surface area contributed by atoms with Crippen LogP contribution in [0.2, 0.25) is 0 Å². The molecule has 0 radical (unpaired) electrons. The molecule has 0 saturated carbocycles. The summed E-state index contributed by atoms with van der Waals surface area (Å²) in [6.07, 6.45) is 1.70.